The van der Waals surface area contributed by atoms with Crippen molar-refractivity contribution in [2.45, 2.75) is 25.9 Å². The molecule has 2 fully saturated rings. The van der Waals surface area contributed by atoms with Crippen molar-refractivity contribution in [3.8, 4) is 22.4 Å². The average Bonchev–Trinajstić information content (AvgIpc) is 3.79. The largest absolute Gasteiger partial charge is 0.383 e. The van der Waals surface area contributed by atoms with Crippen LogP contribution in [-0.4, -0.2) is 124 Å². The maximum absolute atomic E-state index is 15.5. The van der Waals surface area contributed by atoms with Gasteiger partial charge in [-0.15, -0.1) is 0 Å². The molecule has 3 amide bonds. The van der Waals surface area contributed by atoms with Gasteiger partial charge in [0.05, 0.1) is 67.5 Å². The van der Waals surface area contributed by atoms with Crippen LogP contribution in [0.1, 0.15) is 33.1 Å². The van der Waals surface area contributed by atoms with Crippen LogP contribution in [0.3, 0.4) is 0 Å². The Morgan fingerprint density at radius 2 is 1.75 bits per heavy atom. The number of halogens is 3. The highest BCUT2D eigenvalue weighted by Gasteiger charge is 2.37. The van der Waals surface area contributed by atoms with Gasteiger partial charge < -0.3 is 34.6 Å². The Hall–Kier alpha value is -4.70. The molecule has 13 nitrogen and oxygen atoms in total. The quantitative estimate of drug-likeness (QED) is 0.237. The van der Waals surface area contributed by atoms with Gasteiger partial charge in [0.15, 0.2) is 24.0 Å². The van der Waals surface area contributed by atoms with Crippen molar-refractivity contribution < 1.29 is 32.4 Å². The van der Waals surface area contributed by atoms with Crippen LogP contribution in [0.15, 0.2) is 42.7 Å². The molecule has 2 aromatic heterocycles. The molecule has 2 saturated heterocycles. The summed E-state index contributed by atoms with van der Waals surface area (Å²) in [5.74, 6) is -3.01. The summed E-state index contributed by atoms with van der Waals surface area (Å²) in [5.41, 5.74) is 7.83. The number of nitrogens with one attached hydrogen (secondary N) is 1. The lowest BCUT2D eigenvalue weighted by molar-refractivity contribution is -0.890. The van der Waals surface area contributed by atoms with E-state index in [9.17, 15) is 14.4 Å². The van der Waals surface area contributed by atoms with Crippen molar-refractivity contribution in [1.29, 1.82) is 0 Å². The van der Waals surface area contributed by atoms with Crippen LogP contribution in [-0.2, 0) is 23.1 Å². The monoisotopic (exact) mass is 738 g/mol. The van der Waals surface area contributed by atoms with Gasteiger partial charge in [-0.2, -0.15) is 5.10 Å². The van der Waals surface area contributed by atoms with Gasteiger partial charge in [-0.3, -0.25) is 19.1 Å². The average molecular weight is 739 g/mol. The van der Waals surface area contributed by atoms with E-state index in [0.717, 1.165) is 19.5 Å². The number of rotatable bonds is 10. The molecule has 0 spiro atoms. The summed E-state index contributed by atoms with van der Waals surface area (Å²) < 4.78 is 39.7. The van der Waals surface area contributed by atoms with E-state index in [1.54, 1.807) is 40.8 Å². The Bertz CT molecular complexity index is 2010. The van der Waals surface area contributed by atoms with Crippen LogP contribution in [0.5, 0.6) is 0 Å². The number of ether oxygens (including phenoxy) is 1. The molecule has 4 heterocycles. The summed E-state index contributed by atoms with van der Waals surface area (Å²) in [4.78, 5) is 47.2. The van der Waals surface area contributed by atoms with E-state index in [4.69, 9.17) is 22.1 Å². The second-order valence-corrected chi connectivity index (χ2v) is 14.2. The number of aromatic nitrogens is 4. The minimum absolute atomic E-state index is 0.0542. The Balaban J connectivity index is 1.09. The van der Waals surface area contributed by atoms with Crippen molar-refractivity contribution in [2.75, 3.05) is 71.9 Å². The predicted octanol–water partition coefficient (Wildman–Crippen LogP) is 3.55. The first-order valence-electron chi connectivity index (χ1n) is 17.1. The molecule has 1 unspecified atom stereocenters. The lowest BCUT2D eigenvalue weighted by Crippen LogP contribution is -2.55. The van der Waals surface area contributed by atoms with Crippen molar-refractivity contribution in [2.24, 2.45) is 12.8 Å². The number of quaternary nitrogens is 1. The smallest absolute Gasteiger partial charge is 0.291 e. The number of anilines is 1. The van der Waals surface area contributed by atoms with Gasteiger partial charge in [-0.05, 0) is 31.2 Å². The summed E-state index contributed by atoms with van der Waals surface area (Å²) in [6.45, 7) is 6.25. The zero-order valence-corrected chi connectivity index (χ0v) is 30.4. The van der Waals surface area contributed by atoms with E-state index in [2.05, 4.69) is 22.4 Å². The number of benzene rings is 2. The zero-order valence-electron chi connectivity index (χ0n) is 29.7. The number of carbonyl (C=O) groups is 3. The third kappa shape index (κ3) is 7.58. The van der Waals surface area contributed by atoms with Gasteiger partial charge in [0.25, 0.3) is 17.7 Å². The first-order valence-corrected chi connectivity index (χ1v) is 17.5. The number of nitrogens with two attached hydrogens (primary N) is 1. The highest BCUT2D eigenvalue weighted by atomic mass is 35.5. The summed E-state index contributed by atoms with van der Waals surface area (Å²) in [6.07, 6.45) is 3.85. The fraction of sp³-hybridized carbons (Fsp3) is 0.417. The SMILES string of the molecule is COCCn1cc(-c2ccc(-c3cnc(C(=O)Nc4ccc(C(=O)N5CCN(C(=O)C[N+]6(C)CC[C@@H](N)C6)CC5)c(Cl)c4)n3C)c(F)c2F)c(C)n1. The molecule has 3 N–H and O–H groups in total. The van der Waals surface area contributed by atoms with Gasteiger partial charge in [0, 0.05) is 75.3 Å². The molecule has 2 aliphatic heterocycles. The first-order chi connectivity index (χ1) is 24.8. The molecule has 0 saturated carbocycles. The number of methoxy groups -OCH3 is 1. The van der Waals surface area contributed by atoms with E-state index in [1.165, 1.54) is 42.1 Å². The highest BCUT2D eigenvalue weighted by Crippen LogP contribution is 2.33. The third-order valence-electron chi connectivity index (χ3n) is 9.92. The Morgan fingerprint density at radius 3 is 2.42 bits per heavy atom. The van der Waals surface area contributed by atoms with E-state index in [1.807, 2.05) is 0 Å². The molecule has 52 heavy (non-hydrogen) atoms. The van der Waals surface area contributed by atoms with Crippen LogP contribution in [0.25, 0.3) is 22.4 Å². The second kappa shape index (κ2) is 15.1. The fourth-order valence-corrected chi connectivity index (χ4v) is 7.25. The van der Waals surface area contributed by atoms with Crippen LogP contribution in [0, 0.1) is 18.6 Å². The number of carbonyl (C=O) groups excluding carboxylic acids is 3. The van der Waals surface area contributed by atoms with E-state index in [-0.39, 0.29) is 51.1 Å². The van der Waals surface area contributed by atoms with Crippen molar-refractivity contribution in [3.63, 3.8) is 0 Å². The first kappa shape index (κ1) is 37.1. The number of nitrogens with zero attached hydrogens (tertiary/aromatic N) is 7. The number of hydrogen-bond acceptors (Lipinski definition) is 7. The number of likely N-dealkylation sites (N-methyl/N-ethyl adjacent to an activating group) is 1. The number of piperazine rings is 1. The summed E-state index contributed by atoms with van der Waals surface area (Å²) >= 11 is 6.53. The van der Waals surface area contributed by atoms with Crippen LogP contribution in [0.2, 0.25) is 5.02 Å². The molecule has 16 heteroatoms. The normalized spacial score (nSPS) is 19.0. The molecular formula is C36H43ClF2N9O4+. The van der Waals surface area contributed by atoms with Crippen LogP contribution < -0.4 is 11.1 Å². The number of hydrogen-bond donors (Lipinski definition) is 2. The Morgan fingerprint density at radius 1 is 1.06 bits per heavy atom. The predicted molar refractivity (Wildman–Crippen MR) is 192 cm³/mol. The molecule has 4 aromatic rings. The summed E-state index contributed by atoms with van der Waals surface area (Å²) in [7, 11) is 5.15. The molecule has 0 radical (unpaired) electrons. The number of aryl methyl sites for hydroxylation is 1. The second-order valence-electron chi connectivity index (χ2n) is 13.8. The molecule has 2 aromatic carbocycles. The minimum Gasteiger partial charge on any atom is -0.383 e. The topological polar surface area (TPSA) is 141 Å². The van der Waals surface area contributed by atoms with Crippen molar-refractivity contribution in [3.05, 3.63) is 76.5 Å². The van der Waals surface area contributed by atoms with Gasteiger partial charge in [0.2, 0.25) is 0 Å². The molecule has 0 aliphatic carbocycles. The minimum atomic E-state index is -1.08. The lowest BCUT2D eigenvalue weighted by Gasteiger charge is -2.37. The number of imidazole rings is 1. The van der Waals surface area contributed by atoms with Crippen LogP contribution >= 0.6 is 11.6 Å². The Labute approximate surface area is 305 Å². The number of amides is 3. The van der Waals surface area contributed by atoms with Crippen molar-refractivity contribution >= 4 is 35.0 Å². The van der Waals surface area contributed by atoms with Gasteiger partial charge in [-0.25, -0.2) is 13.8 Å². The molecule has 2 aliphatic rings. The summed E-state index contributed by atoms with van der Waals surface area (Å²) in [5, 5.41) is 7.21. The molecule has 0 bridgehead atoms. The molecular weight excluding hydrogens is 696 g/mol. The van der Waals surface area contributed by atoms with E-state index in [0.29, 0.717) is 67.3 Å². The molecule has 276 valence electrons. The number of likely N-dealkylation sites (tertiary alicyclic amines) is 1. The third-order valence-corrected chi connectivity index (χ3v) is 10.2. The molecule has 6 rings (SSSR count). The van der Waals surface area contributed by atoms with Gasteiger partial charge in [-0.1, -0.05) is 17.7 Å². The summed E-state index contributed by atoms with van der Waals surface area (Å²) in [6, 6.07) is 7.59. The maximum Gasteiger partial charge on any atom is 0.291 e. The van der Waals surface area contributed by atoms with Crippen molar-refractivity contribution in [1.82, 2.24) is 29.1 Å². The Kier molecular flexibility index (Phi) is 10.8. The highest BCUT2D eigenvalue weighted by molar-refractivity contribution is 6.34. The van der Waals surface area contributed by atoms with Gasteiger partial charge >= 0.3 is 0 Å². The van der Waals surface area contributed by atoms with Gasteiger partial charge in [0.1, 0.15) is 0 Å². The van der Waals surface area contributed by atoms with E-state index >= 15 is 8.78 Å². The zero-order chi connectivity index (χ0) is 37.3. The molecule has 2 atom stereocenters. The maximum atomic E-state index is 15.5. The van der Waals surface area contributed by atoms with Crippen LogP contribution in [0.4, 0.5) is 14.5 Å². The standard InChI is InChI=1S/C36H42ClF2N9O4/c1-22-28(19-47(43-22)14-16-52-4)25-7-8-27(33(39)32(25)38)30-18-41-34(44(30)2)35(50)42-24-5-6-26(29(37)17-24)36(51)46-12-10-45(11-13-46)31(49)21-48(3)15-9-23(40)20-48/h5-8,17-19,23H,9-16,20-21,40H2,1-4H3/p+1/t23-,48?/m1/s1. The fourth-order valence-electron chi connectivity index (χ4n) is 6.99. The van der Waals surface area contributed by atoms with E-state index < -0.39 is 17.5 Å². The lowest BCUT2D eigenvalue weighted by atomic mass is 10.0.